The molecule has 0 bridgehead atoms. The fraction of sp³-hybridized carbons (Fsp3) is 0.286. The highest BCUT2D eigenvalue weighted by molar-refractivity contribution is 6.28. The number of rotatable bonds is 0. The molecule has 1 aliphatic rings. The third kappa shape index (κ3) is 1.09. The van der Waals surface area contributed by atoms with E-state index in [0.717, 1.165) is 4.90 Å². The maximum atomic E-state index is 11.2. The molecule has 0 saturated carbocycles. The predicted octanol–water partition coefficient (Wildman–Crippen LogP) is -0.359. The van der Waals surface area contributed by atoms with Crippen LogP contribution in [0.5, 0.6) is 0 Å². The normalized spacial score (nSPS) is 21.7. The Morgan fingerprint density at radius 2 is 1.92 bits per heavy atom. The summed E-state index contributed by atoms with van der Waals surface area (Å²) in [7, 11) is 1.31. The summed E-state index contributed by atoms with van der Waals surface area (Å²) in [4.78, 5) is 33.8. The van der Waals surface area contributed by atoms with Gasteiger partial charge in [0.05, 0.1) is 0 Å². The second kappa shape index (κ2) is 2.77. The van der Waals surface area contributed by atoms with Crippen molar-refractivity contribution in [2.24, 2.45) is 0 Å². The van der Waals surface area contributed by atoms with E-state index in [-0.39, 0.29) is 5.57 Å². The molecule has 1 heterocycles. The first kappa shape index (κ1) is 8.45. The maximum absolute atomic E-state index is 11.2. The third-order valence-electron chi connectivity index (χ3n) is 1.59. The van der Waals surface area contributed by atoms with Crippen molar-refractivity contribution in [3.8, 4) is 0 Å². The van der Waals surface area contributed by atoms with Crippen LogP contribution < -0.4 is 5.32 Å². The summed E-state index contributed by atoms with van der Waals surface area (Å²) in [5.74, 6) is -1.20. The predicted molar refractivity (Wildman–Crippen MR) is 40.1 cm³/mol. The van der Waals surface area contributed by atoms with E-state index in [0.29, 0.717) is 0 Å². The van der Waals surface area contributed by atoms with Crippen molar-refractivity contribution < 1.29 is 14.4 Å². The molecule has 64 valence electrons. The number of amides is 4. The average molecular weight is 168 g/mol. The highest BCUT2D eigenvalue weighted by atomic mass is 16.2. The number of carbonyl (C=O) groups excluding carboxylic acids is 3. The number of carbonyl (C=O) groups is 3. The molecule has 1 N–H and O–H groups in total. The van der Waals surface area contributed by atoms with E-state index in [2.05, 4.69) is 0 Å². The van der Waals surface area contributed by atoms with Gasteiger partial charge in [-0.25, -0.2) is 4.79 Å². The molecular formula is C7H8N2O3. The van der Waals surface area contributed by atoms with Crippen LogP contribution >= 0.6 is 0 Å². The first-order valence-corrected chi connectivity index (χ1v) is 3.37. The van der Waals surface area contributed by atoms with Crippen molar-refractivity contribution >= 4 is 17.8 Å². The second-order valence-corrected chi connectivity index (χ2v) is 2.33. The summed E-state index contributed by atoms with van der Waals surface area (Å²) >= 11 is 0. The molecule has 0 aromatic rings. The molecule has 0 unspecified atom stereocenters. The number of nitrogens with zero attached hydrogens (tertiary/aromatic N) is 1. The molecule has 5 nitrogen and oxygen atoms in total. The number of urea groups is 1. The van der Waals surface area contributed by atoms with Gasteiger partial charge in [-0.3, -0.25) is 19.8 Å². The van der Waals surface area contributed by atoms with Gasteiger partial charge in [-0.15, -0.1) is 0 Å². The number of allylic oxidation sites excluding steroid dienone is 1. The summed E-state index contributed by atoms with van der Waals surface area (Å²) in [6.45, 7) is 1.57. The van der Waals surface area contributed by atoms with Gasteiger partial charge < -0.3 is 0 Å². The van der Waals surface area contributed by atoms with Crippen molar-refractivity contribution in [3.63, 3.8) is 0 Å². The van der Waals surface area contributed by atoms with Crippen LogP contribution in [0.25, 0.3) is 0 Å². The van der Waals surface area contributed by atoms with E-state index in [9.17, 15) is 14.4 Å². The molecule has 0 aromatic carbocycles. The lowest BCUT2D eigenvalue weighted by Gasteiger charge is -2.21. The Bertz CT molecular complexity index is 293. The summed E-state index contributed by atoms with van der Waals surface area (Å²) in [5.41, 5.74) is -0.00269. The Morgan fingerprint density at radius 1 is 1.33 bits per heavy atom. The molecule has 1 saturated heterocycles. The Labute approximate surface area is 69.0 Å². The van der Waals surface area contributed by atoms with Crippen molar-refractivity contribution in [3.05, 3.63) is 11.6 Å². The number of likely N-dealkylation sites (N-methyl/N-ethyl adjacent to an activating group) is 1. The van der Waals surface area contributed by atoms with Crippen LogP contribution in [0.2, 0.25) is 0 Å². The number of barbiturate groups is 1. The van der Waals surface area contributed by atoms with Crippen LogP contribution in [0.1, 0.15) is 6.92 Å². The summed E-state index contributed by atoms with van der Waals surface area (Å²) in [6.07, 6.45) is 1.38. The molecule has 1 rings (SSSR count). The fourth-order valence-corrected chi connectivity index (χ4v) is 0.873. The maximum Gasteiger partial charge on any atom is 0.331 e. The van der Waals surface area contributed by atoms with Gasteiger partial charge in [-0.05, 0) is 6.92 Å². The smallest absolute Gasteiger partial charge is 0.273 e. The SMILES string of the molecule is C/C=C1\C(=O)NC(=O)N(C)C1=O. The molecule has 1 fully saturated rings. The van der Waals surface area contributed by atoms with Crippen LogP contribution in [-0.4, -0.2) is 29.8 Å². The van der Waals surface area contributed by atoms with Gasteiger partial charge in [-0.2, -0.15) is 0 Å². The summed E-state index contributed by atoms with van der Waals surface area (Å²) in [5, 5.41) is 2.02. The van der Waals surface area contributed by atoms with Crippen LogP contribution in [0, 0.1) is 0 Å². The molecule has 5 heteroatoms. The zero-order valence-corrected chi connectivity index (χ0v) is 6.75. The molecule has 0 spiro atoms. The molecule has 0 radical (unpaired) electrons. The third-order valence-corrected chi connectivity index (χ3v) is 1.59. The zero-order chi connectivity index (χ0) is 9.30. The van der Waals surface area contributed by atoms with Crippen LogP contribution in [0.15, 0.2) is 11.6 Å². The van der Waals surface area contributed by atoms with Crippen LogP contribution in [-0.2, 0) is 9.59 Å². The molecule has 0 atom stereocenters. The van der Waals surface area contributed by atoms with Crippen molar-refractivity contribution in [1.29, 1.82) is 0 Å². The van der Waals surface area contributed by atoms with Gasteiger partial charge in [0, 0.05) is 7.05 Å². The Kier molecular flexibility index (Phi) is 1.95. The molecule has 0 aromatic heterocycles. The minimum absolute atomic E-state index is 0.00269. The minimum atomic E-state index is -0.685. The van der Waals surface area contributed by atoms with E-state index in [1.807, 2.05) is 5.32 Å². The highest BCUT2D eigenvalue weighted by Crippen LogP contribution is 2.06. The van der Waals surface area contributed by atoms with Gasteiger partial charge in [0.2, 0.25) is 0 Å². The van der Waals surface area contributed by atoms with E-state index in [1.54, 1.807) is 6.92 Å². The Morgan fingerprint density at radius 3 is 2.42 bits per heavy atom. The Hall–Kier alpha value is -1.65. The lowest BCUT2D eigenvalue weighted by atomic mass is 10.2. The van der Waals surface area contributed by atoms with Crippen LogP contribution in [0.3, 0.4) is 0 Å². The number of imide groups is 2. The first-order chi connectivity index (χ1) is 5.57. The standard InChI is InChI=1S/C7H8N2O3/c1-3-4-5(10)8-7(12)9(2)6(4)11/h3H,1-2H3,(H,8,10,12)/b4-3+. The summed E-state index contributed by atoms with van der Waals surface area (Å²) < 4.78 is 0. The molecule has 0 aliphatic carbocycles. The van der Waals surface area contributed by atoms with Gasteiger partial charge in [0.15, 0.2) is 0 Å². The molecule has 4 amide bonds. The quantitative estimate of drug-likeness (QED) is 0.397. The Balaban J connectivity index is 3.03. The van der Waals surface area contributed by atoms with Gasteiger partial charge in [0.25, 0.3) is 11.8 Å². The average Bonchev–Trinajstić information content (AvgIpc) is 2.01. The largest absolute Gasteiger partial charge is 0.331 e. The van der Waals surface area contributed by atoms with E-state index >= 15 is 0 Å². The van der Waals surface area contributed by atoms with Gasteiger partial charge in [0.1, 0.15) is 5.57 Å². The number of nitrogens with one attached hydrogen (secondary N) is 1. The summed E-state index contributed by atoms with van der Waals surface area (Å²) in [6, 6.07) is -0.685. The minimum Gasteiger partial charge on any atom is -0.273 e. The van der Waals surface area contributed by atoms with Crippen LogP contribution in [0.4, 0.5) is 4.79 Å². The fourth-order valence-electron chi connectivity index (χ4n) is 0.873. The van der Waals surface area contributed by atoms with Crippen molar-refractivity contribution in [2.75, 3.05) is 7.05 Å². The van der Waals surface area contributed by atoms with E-state index < -0.39 is 17.8 Å². The number of hydrogen-bond acceptors (Lipinski definition) is 3. The molecule has 12 heavy (non-hydrogen) atoms. The topological polar surface area (TPSA) is 66.5 Å². The second-order valence-electron chi connectivity index (χ2n) is 2.33. The monoisotopic (exact) mass is 168 g/mol. The zero-order valence-electron chi connectivity index (χ0n) is 6.75. The van der Waals surface area contributed by atoms with E-state index in [1.165, 1.54) is 13.1 Å². The number of hydrogen-bond donors (Lipinski definition) is 1. The lowest BCUT2D eigenvalue weighted by molar-refractivity contribution is -0.129. The van der Waals surface area contributed by atoms with Gasteiger partial charge >= 0.3 is 6.03 Å². The van der Waals surface area contributed by atoms with E-state index in [4.69, 9.17) is 0 Å². The van der Waals surface area contributed by atoms with Crippen molar-refractivity contribution in [1.82, 2.24) is 10.2 Å². The molecule has 1 aliphatic heterocycles. The van der Waals surface area contributed by atoms with Gasteiger partial charge in [-0.1, -0.05) is 6.08 Å². The molecular weight excluding hydrogens is 160 g/mol. The highest BCUT2D eigenvalue weighted by Gasteiger charge is 2.32. The van der Waals surface area contributed by atoms with Crippen molar-refractivity contribution in [2.45, 2.75) is 6.92 Å². The lowest BCUT2D eigenvalue weighted by Crippen LogP contribution is -2.52. The first-order valence-electron chi connectivity index (χ1n) is 3.37.